The van der Waals surface area contributed by atoms with Crippen LogP contribution in [0.2, 0.25) is 0 Å². The van der Waals surface area contributed by atoms with Crippen LogP contribution in [0.15, 0.2) is 46.8 Å². The number of nitrogens with one attached hydrogen (secondary N) is 2. The Morgan fingerprint density at radius 2 is 2.13 bits per heavy atom. The van der Waals surface area contributed by atoms with Crippen LogP contribution >= 0.6 is 0 Å². The third-order valence-corrected chi connectivity index (χ3v) is 5.20. The molecule has 0 saturated carbocycles. The molecule has 23 heavy (non-hydrogen) atoms. The molecule has 1 aliphatic rings. The molecule has 124 valence electrons. The second-order valence-electron chi connectivity index (χ2n) is 5.44. The van der Waals surface area contributed by atoms with E-state index >= 15 is 0 Å². The zero-order chi connectivity index (χ0) is 17.0. The fourth-order valence-corrected chi connectivity index (χ4v) is 3.55. The van der Waals surface area contributed by atoms with Gasteiger partial charge in [0.1, 0.15) is 11.9 Å². The molecular formula is C16H21N3O3S. The van der Waals surface area contributed by atoms with E-state index in [1.54, 1.807) is 24.3 Å². The minimum Gasteiger partial charge on any atom is -0.351 e. The molecule has 0 aromatic heterocycles. The lowest BCUT2D eigenvalue weighted by atomic mass is 9.98. The van der Waals surface area contributed by atoms with Gasteiger partial charge in [0, 0.05) is 12.1 Å². The van der Waals surface area contributed by atoms with Crippen LogP contribution in [0.4, 0.5) is 0 Å². The zero-order valence-electron chi connectivity index (χ0n) is 13.2. The number of fused-ring (bicyclic) bond motifs is 1. The summed E-state index contributed by atoms with van der Waals surface area (Å²) in [4.78, 5) is 16.9. The fourth-order valence-electron chi connectivity index (χ4n) is 2.31. The molecule has 0 saturated heterocycles. The van der Waals surface area contributed by atoms with Gasteiger partial charge >= 0.3 is 0 Å². The van der Waals surface area contributed by atoms with Gasteiger partial charge in [-0.05, 0) is 18.1 Å². The molecule has 2 atom stereocenters. The Morgan fingerprint density at radius 1 is 1.43 bits per heavy atom. The monoisotopic (exact) mass is 335 g/mol. The van der Waals surface area contributed by atoms with E-state index in [9.17, 15) is 13.2 Å². The number of hydrogen-bond acceptors (Lipinski definition) is 4. The van der Waals surface area contributed by atoms with Crippen LogP contribution in [0.1, 0.15) is 25.8 Å². The molecule has 1 amide bonds. The summed E-state index contributed by atoms with van der Waals surface area (Å²) in [7, 11) is -3.60. The van der Waals surface area contributed by atoms with Gasteiger partial charge < -0.3 is 5.32 Å². The van der Waals surface area contributed by atoms with Gasteiger partial charge in [-0.1, -0.05) is 38.5 Å². The van der Waals surface area contributed by atoms with E-state index in [1.165, 1.54) is 6.07 Å². The number of amidine groups is 1. The van der Waals surface area contributed by atoms with Crippen LogP contribution in [-0.2, 0) is 14.8 Å². The van der Waals surface area contributed by atoms with Gasteiger partial charge in [-0.3, -0.25) is 14.5 Å². The Hall–Kier alpha value is -2.15. The van der Waals surface area contributed by atoms with E-state index in [-0.39, 0.29) is 22.6 Å². The van der Waals surface area contributed by atoms with Crippen LogP contribution < -0.4 is 10.0 Å². The van der Waals surface area contributed by atoms with Gasteiger partial charge in [-0.2, -0.15) is 0 Å². The minimum atomic E-state index is -3.60. The highest BCUT2D eigenvalue weighted by Crippen LogP contribution is 2.23. The molecule has 0 aliphatic carbocycles. The van der Waals surface area contributed by atoms with Crippen molar-refractivity contribution in [2.24, 2.45) is 10.9 Å². The smallest absolute Gasteiger partial charge is 0.263 e. The van der Waals surface area contributed by atoms with E-state index in [4.69, 9.17) is 0 Å². The molecule has 2 N–H and O–H groups in total. The van der Waals surface area contributed by atoms with Crippen LogP contribution in [0.3, 0.4) is 0 Å². The highest BCUT2D eigenvalue weighted by Gasteiger charge is 2.32. The van der Waals surface area contributed by atoms with Crippen molar-refractivity contribution in [3.05, 3.63) is 42.5 Å². The van der Waals surface area contributed by atoms with Crippen molar-refractivity contribution in [1.82, 2.24) is 10.0 Å². The van der Waals surface area contributed by atoms with Gasteiger partial charge in [-0.15, -0.1) is 6.58 Å². The van der Waals surface area contributed by atoms with E-state index in [1.807, 2.05) is 13.8 Å². The SMILES string of the molecule is C=CCNC(=O)[C@@H](N=C1NS(=O)(=O)c2ccccc21)[C@@H](C)CC. The maximum absolute atomic E-state index is 12.3. The number of carbonyl (C=O) groups is 1. The Labute approximate surface area is 136 Å². The summed E-state index contributed by atoms with van der Waals surface area (Å²) in [5, 5.41) is 2.73. The van der Waals surface area contributed by atoms with Crippen LogP contribution in [0.5, 0.6) is 0 Å². The average molecular weight is 335 g/mol. The summed E-state index contributed by atoms with van der Waals surface area (Å²) in [5.74, 6) is -0.0421. The first-order valence-electron chi connectivity index (χ1n) is 7.49. The molecule has 0 spiro atoms. The van der Waals surface area contributed by atoms with Crippen LogP contribution in [0, 0.1) is 5.92 Å². The van der Waals surface area contributed by atoms with Crippen LogP contribution in [-0.4, -0.2) is 32.7 Å². The van der Waals surface area contributed by atoms with E-state index in [2.05, 4.69) is 21.6 Å². The van der Waals surface area contributed by atoms with Crippen molar-refractivity contribution >= 4 is 21.8 Å². The molecule has 0 radical (unpaired) electrons. The summed E-state index contributed by atoms with van der Waals surface area (Å²) in [5.41, 5.74) is 0.498. The zero-order valence-corrected chi connectivity index (χ0v) is 14.1. The molecule has 0 bridgehead atoms. The lowest BCUT2D eigenvalue weighted by molar-refractivity contribution is -0.123. The molecular weight excluding hydrogens is 314 g/mol. The van der Waals surface area contributed by atoms with E-state index in [0.717, 1.165) is 6.42 Å². The van der Waals surface area contributed by atoms with Crippen molar-refractivity contribution in [2.45, 2.75) is 31.2 Å². The van der Waals surface area contributed by atoms with Gasteiger partial charge in [-0.25, -0.2) is 8.42 Å². The summed E-state index contributed by atoms with van der Waals surface area (Å²) < 4.78 is 26.7. The molecule has 1 aliphatic heterocycles. The van der Waals surface area contributed by atoms with E-state index in [0.29, 0.717) is 12.1 Å². The Bertz CT molecular complexity index is 741. The topological polar surface area (TPSA) is 87.6 Å². The van der Waals surface area contributed by atoms with Crippen molar-refractivity contribution < 1.29 is 13.2 Å². The minimum absolute atomic E-state index is 0.0235. The van der Waals surface area contributed by atoms with Gasteiger partial charge in [0.25, 0.3) is 10.0 Å². The number of benzene rings is 1. The Morgan fingerprint density at radius 3 is 2.78 bits per heavy atom. The first-order chi connectivity index (χ1) is 10.9. The number of carbonyl (C=O) groups excluding carboxylic acids is 1. The highest BCUT2D eigenvalue weighted by atomic mass is 32.2. The number of hydrogen-bond donors (Lipinski definition) is 2. The van der Waals surface area contributed by atoms with Crippen molar-refractivity contribution in [1.29, 1.82) is 0 Å². The molecule has 6 nitrogen and oxygen atoms in total. The van der Waals surface area contributed by atoms with Crippen LogP contribution in [0.25, 0.3) is 0 Å². The fraction of sp³-hybridized carbons (Fsp3) is 0.375. The number of amides is 1. The van der Waals surface area contributed by atoms with Gasteiger partial charge in [0.05, 0.1) is 4.90 Å². The molecule has 0 unspecified atom stereocenters. The summed E-state index contributed by atoms with van der Waals surface area (Å²) >= 11 is 0. The van der Waals surface area contributed by atoms with Crippen molar-refractivity contribution in [3.63, 3.8) is 0 Å². The molecule has 1 heterocycles. The quantitative estimate of drug-likeness (QED) is 0.771. The first kappa shape index (κ1) is 17.2. The van der Waals surface area contributed by atoms with E-state index < -0.39 is 16.1 Å². The predicted octanol–water partition coefficient (Wildman–Crippen LogP) is 1.44. The predicted molar refractivity (Wildman–Crippen MR) is 89.8 cm³/mol. The molecule has 1 aromatic carbocycles. The second kappa shape index (κ2) is 6.95. The van der Waals surface area contributed by atoms with Gasteiger partial charge in [0.2, 0.25) is 5.91 Å². The van der Waals surface area contributed by atoms with Gasteiger partial charge in [0.15, 0.2) is 0 Å². The summed E-state index contributed by atoms with van der Waals surface area (Å²) in [6.07, 6.45) is 2.34. The molecule has 0 fully saturated rings. The van der Waals surface area contributed by atoms with Crippen molar-refractivity contribution in [2.75, 3.05) is 6.54 Å². The Kier molecular flexibility index (Phi) is 5.20. The largest absolute Gasteiger partial charge is 0.351 e. The molecule has 2 rings (SSSR count). The number of sulfonamides is 1. The standard InChI is InChI=1S/C16H21N3O3S/c1-4-10-17-16(20)14(11(3)5-2)18-15-12-8-6-7-9-13(12)23(21,22)19-15/h4,6-9,11,14H,1,5,10H2,2-3H3,(H,17,20)(H,18,19)/t11-,14-/m0/s1. The Balaban J connectivity index is 2.40. The maximum Gasteiger partial charge on any atom is 0.263 e. The average Bonchev–Trinajstić information content (AvgIpc) is 2.80. The normalized spacial score (nSPS) is 19.5. The number of rotatable bonds is 6. The summed E-state index contributed by atoms with van der Waals surface area (Å²) in [6.45, 7) is 7.79. The molecule has 1 aromatic rings. The number of nitrogens with zero attached hydrogens (tertiary/aromatic N) is 1. The third-order valence-electron chi connectivity index (χ3n) is 3.80. The summed E-state index contributed by atoms with van der Waals surface area (Å²) in [6, 6.07) is 5.94. The first-order valence-corrected chi connectivity index (χ1v) is 8.97. The maximum atomic E-state index is 12.3. The third kappa shape index (κ3) is 3.61. The van der Waals surface area contributed by atoms with Crippen molar-refractivity contribution in [3.8, 4) is 0 Å². The lowest BCUT2D eigenvalue weighted by Crippen LogP contribution is -2.39. The highest BCUT2D eigenvalue weighted by molar-refractivity contribution is 7.90. The lowest BCUT2D eigenvalue weighted by Gasteiger charge is -2.19. The molecule has 7 heteroatoms. The number of aliphatic imine (C=N–C) groups is 1. The second-order valence-corrected chi connectivity index (χ2v) is 7.09.